The topological polar surface area (TPSA) is 94.8 Å². The minimum atomic E-state index is -5.58. The van der Waals surface area contributed by atoms with Crippen LogP contribution < -0.4 is 0 Å². The van der Waals surface area contributed by atoms with Gasteiger partial charge in [-0.2, -0.15) is 8.78 Å². The number of carbonyl (C=O) groups is 1. The molecule has 0 aliphatic rings. The van der Waals surface area contributed by atoms with Gasteiger partial charge in [0.05, 0.1) is 5.92 Å². The minimum Gasteiger partial charge on any atom is -0.481 e. The Labute approximate surface area is 108 Å². The van der Waals surface area contributed by atoms with Crippen LogP contribution in [0.1, 0.15) is 18.1 Å². The fraction of sp³-hybridized carbons (Fsp3) is 0.364. The Balaban J connectivity index is 2.94. The summed E-state index contributed by atoms with van der Waals surface area (Å²) in [7, 11) is -5.58. The van der Waals surface area contributed by atoms with Crippen LogP contribution in [0.4, 0.5) is 8.78 Å². The molecule has 19 heavy (non-hydrogen) atoms. The maximum absolute atomic E-state index is 13.3. The second kappa shape index (κ2) is 5.36. The van der Waals surface area contributed by atoms with Gasteiger partial charge in [0, 0.05) is 5.56 Å². The van der Waals surface area contributed by atoms with Crippen LogP contribution in [0, 0.1) is 5.92 Å². The lowest BCUT2D eigenvalue weighted by Gasteiger charge is -2.18. The van der Waals surface area contributed by atoms with Crippen LogP contribution in [-0.2, 0) is 21.4 Å². The molecule has 0 saturated heterocycles. The van der Waals surface area contributed by atoms with E-state index in [1.807, 2.05) is 0 Å². The highest BCUT2D eigenvalue weighted by Gasteiger charge is 2.50. The van der Waals surface area contributed by atoms with Crippen LogP contribution in [0.5, 0.6) is 0 Å². The third-order valence-electron chi connectivity index (χ3n) is 2.63. The van der Waals surface area contributed by atoms with Crippen LogP contribution in [0.25, 0.3) is 0 Å². The molecule has 1 rings (SSSR count). The Morgan fingerprint density at radius 2 is 1.79 bits per heavy atom. The van der Waals surface area contributed by atoms with Gasteiger partial charge in [-0.05, 0) is 12.0 Å². The molecule has 0 aromatic heterocycles. The van der Waals surface area contributed by atoms with Crippen molar-refractivity contribution in [3.63, 3.8) is 0 Å². The number of hydrogen-bond donors (Lipinski definition) is 3. The number of rotatable bonds is 5. The Hall–Kier alpha value is -1.30. The lowest BCUT2D eigenvalue weighted by molar-refractivity contribution is -0.141. The first kappa shape index (κ1) is 15.8. The molecule has 5 nitrogen and oxygen atoms in total. The summed E-state index contributed by atoms with van der Waals surface area (Å²) in [4.78, 5) is 27.8. The normalized spacial score (nSPS) is 14.2. The van der Waals surface area contributed by atoms with Crippen LogP contribution in [-0.4, -0.2) is 20.9 Å². The van der Waals surface area contributed by atoms with E-state index < -0.39 is 30.7 Å². The molecule has 106 valence electrons. The van der Waals surface area contributed by atoms with Gasteiger partial charge in [0.1, 0.15) is 0 Å². The van der Waals surface area contributed by atoms with Crippen molar-refractivity contribution in [2.45, 2.75) is 19.0 Å². The number of aliphatic carboxylic acids is 1. The second-order valence-corrected chi connectivity index (χ2v) is 5.88. The maximum atomic E-state index is 13.3. The molecule has 1 aromatic rings. The van der Waals surface area contributed by atoms with Gasteiger partial charge in [-0.1, -0.05) is 31.2 Å². The van der Waals surface area contributed by atoms with Crippen molar-refractivity contribution in [1.82, 2.24) is 0 Å². The lowest BCUT2D eigenvalue weighted by atomic mass is 10.0. The van der Waals surface area contributed by atoms with Gasteiger partial charge in [-0.15, -0.1) is 0 Å². The van der Waals surface area contributed by atoms with Crippen molar-refractivity contribution in [3.8, 4) is 0 Å². The summed E-state index contributed by atoms with van der Waals surface area (Å²) in [5.41, 5.74) is -4.54. The quantitative estimate of drug-likeness (QED) is 0.723. The van der Waals surface area contributed by atoms with E-state index in [1.165, 1.54) is 19.1 Å². The van der Waals surface area contributed by atoms with Crippen LogP contribution in [0.3, 0.4) is 0 Å². The molecular weight excluding hydrogens is 281 g/mol. The first-order valence-electron chi connectivity index (χ1n) is 5.31. The van der Waals surface area contributed by atoms with Crippen LogP contribution >= 0.6 is 7.60 Å². The number of hydrogen-bond acceptors (Lipinski definition) is 2. The third-order valence-corrected chi connectivity index (χ3v) is 3.62. The molecule has 0 fully saturated rings. The van der Waals surface area contributed by atoms with E-state index >= 15 is 0 Å². The minimum absolute atomic E-state index is 0.150. The standard InChI is InChI=1S/C11H13F2O5P/c1-7(10(14)15)6-8-2-4-9(5-3-8)11(12,13)19(16,17)18/h2-5,7H,6H2,1H3,(H,14,15)(H2,16,17,18). The lowest BCUT2D eigenvalue weighted by Crippen LogP contribution is -2.14. The van der Waals surface area contributed by atoms with Gasteiger partial charge in [0.15, 0.2) is 0 Å². The summed E-state index contributed by atoms with van der Waals surface area (Å²) in [6.45, 7) is 1.47. The molecule has 0 heterocycles. The summed E-state index contributed by atoms with van der Waals surface area (Å²) in [6.07, 6.45) is 0.150. The van der Waals surface area contributed by atoms with Gasteiger partial charge in [0.25, 0.3) is 0 Å². The molecule has 0 amide bonds. The summed E-state index contributed by atoms with van der Waals surface area (Å²) in [5, 5.41) is 8.71. The van der Waals surface area contributed by atoms with Crippen molar-refractivity contribution in [2.24, 2.45) is 5.92 Å². The number of carboxylic acids is 1. The molecule has 0 radical (unpaired) electrons. The smallest absolute Gasteiger partial charge is 0.399 e. The van der Waals surface area contributed by atoms with E-state index in [-0.39, 0.29) is 6.42 Å². The molecule has 1 atom stereocenters. The molecule has 8 heteroatoms. The molecule has 0 saturated carbocycles. The van der Waals surface area contributed by atoms with Gasteiger partial charge in [0.2, 0.25) is 0 Å². The first-order valence-corrected chi connectivity index (χ1v) is 6.92. The summed E-state index contributed by atoms with van der Waals surface area (Å²) >= 11 is 0. The van der Waals surface area contributed by atoms with Gasteiger partial charge in [-0.25, -0.2) is 0 Å². The Morgan fingerprint density at radius 1 is 1.32 bits per heavy atom. The predicted octanol–water partition coefficient (Wildman–Crippen LogP) is 2.18. The molecule has 3 N–H and O–H groups in total. The van der Waals surface area contributed by atoms with E-state index in [2.05, 4.69) is 0 Å². The Kier molecular flexibility index (Phi) is 4.45. The fourth-order valence-corrected chi connectivity index (χ4v) is 1.94. The predicted molar refractivity (Wildman–Crippen MR) is 62.9 cm³/mol. The van der Waals surface area contributed by atoms with Crippen molar-refractivity contribution >= 4 is 13.6 Å². The van der Waals surface area contributed by atoms with E-state index in [4.69, 9.17) is 14.9 Å². The monoisotopic (exact) mass is 294 g/mol. The number of carboxylic acid groups (broad SMARTS) is 1. The Morgan fingerprint density at radius 3 is 2.16 bits per heavy atom. The molecular formula is C11H13F2O5P. The van der Waals surface area contributed by atoms with E-state index in [9.17, 15) is 18.1 Å². The largest absolute Gasteiger partial charge is 0.481 e. The van der Waals surface area contributed by atoms with E-state index in [0.717, 1.165) is 12.1 Å². The van der Waals surface area contributed by atoms with Gasteiger partial charge >= 0.3 is 19.2 Å². The Bertz CT molecular complexity index is 508. The van der Waals surface area contributed by atoms with Gasteiger partial charge in [-0.3, -0.25) is 9.36 Å². The molecule has 0 bridgehead atoms. The van der Waals surface area contributed by atoms with Crippen LogP contribution in [0.15, 0.2) is 24.3 Å². The van der Waals surface area contributed by atoms with Crippen molar-refractivity contribution < 1.29 is 33.0 Å². The zero-order chi connectivity index (χ0) is 14.8. The second-order valence-electron chi connectivity index (χ2n) is 4.23. The van der Waals surface area contributed by atoms with E-state index in [0.29, 0.717) is 5.56 Å². The third kappa shape index (κ3) is 3.59. The summed E-state index contributed by atoms with van der Waals surface area (Å²) < 4.78 is 37.3. The highest BCUT2D eigenvalue weighted by Crippen LogP contribution is 2.59. The zero-order valence-electron chi connectivity index (χ0n) is 9.96. The summed E-state index contributed by atoms with van der Waals surface area (Å²) in [6, 6.07) is 4.25. The average Bonchev–Trinajstić information content (AvgIpc) is 2.28. The number of benzene rings is 1. The highest BCUT2D eigenvalue weighted by atomic mass is 31.2. The number of alkyl halides is 2. The fourth-order valence-electron chi connectivity index (χ4n) is 1.45. The average molecular weight is 294 g/mol. The van der Waals surface area contributed by atoms with Crippen LogP contribution in [0.2, 0.25) is 0 Å². The molecule has 0 spiro atoms. The maximum Gasteiger partial charge on any atom is 0.399 e. The zero-order valence-corrected chi connectivity index (χ0v) is 10.8. The molecule has 0 aliphatic heterocycles. The molecule has 1 aromatic carbocycles. The number of halogens is 2. The molecule has 0 aliphatic carbocycles. The molecule has 1 unspecified atom stereocenters. The van der Waals surface area contributed by atoms with Crippen molar-refractivity contribution in [2.75, 3.05) is 0 Å². The highest BCUT2D eigenvalue weighted by molar-refractivity contribution is 7.52. The van der Waals surface area contributed by atoms with E-state index in [1.54, 1.807) is 0 Å². The SMILES string of the molecule is CC(Cc1ccc(C(F)(F)P(=O)(O)O)cc1)C(=O)O. The van der Waals surface area contributed by atoms with Crippen molar-refractivity contribution in [1.29, 1.82) is 0 Å². The van der Waals surface area contributed by atoms with Gasteiger partial charge < -0.3 is 14.9 Å². The summed E-state index contributed by atoms with van der Waals surface area (Å²) in [5.74, 6) is -1.68. The van der Waals surface area contributed by atoms with Crippen molar-refractivity contribution in [3.05, 3.63) is 35.4 Å². The first-order chi connectivity index (χ1) is 8.55.